The highest BCUT2D eigenvalue weighted by molar-refractivity contribution is 8.13. The molecule has 1 aliphatic heterocycles. The quantitative estimate of drug-likeness (QED) is 0.218. The number of hydrogen-bond acceptors (Lipinski definition) is 6. The SMILES string of the molecule is CC(=O)SCCCCCC(=O)NC(CSCc1ccccc1)CN1C(=O)c2cccc3cccc(c23)C1=O. The van der Waals surface area contributed by atoms with E-state index in [2.05, 4.69) is 17.4 Å². The molecule has 1 atom stereocenters. The molecule has 0 aliphatic carbocycles. The number of hydrogen-bond donors (Lipinski definition) is 1. The van der Waals surface area contributed by atoms with Gasteiger partial charge in [-0.1, -0.05) is 72.8 Å². The fourth-order valence-corrected chi connectivity index (χ4v) is 6.24. The van der Waals surface area contributed by atoms with Crippen molar-refractivity contribution in [3.8, 4) is 0 Å². The number of nitrogens with zero attached hydrogens (tertiary/aromatic N) is 1. The average Bonchev–Trinajstić information content (AvgIpc) is 2.91. The third-order valence-corrected chi connectivity index (χ3v) is 8.48. The molecule has 0 radical (unpaired) electrons. The smallest absolute Gasteiger partial charge is 0.261 e. The molecule has 6 nitrogen and oxygen atoms in total. The first kappa shape index (κ1) is 27.9. The minimum Gasteiger partial charge on any atom is -0.351 e. The highest BCUT2D eigenvalue weighted by atomic mass is 32.2. The lowest BCUT2D eigenvalue weighted by Crippen LogP contribution is -2.50. The number of thioether (sulfide) groups is 2. The summed E-state index contributed by atoms with van der Waals surface area (Å²) in [5.74, 6) is 1.37. The summed E-state index contributed by atoms with van der Waals surface area (Å²) in [6.45, 7) is 1.68. The first-order valence-corrected chi connectivity index (χ1v) is 15.0. The summed E-state index contributed by atoms with van der Waals surface area (Å²) in [5.41, 5.74) is 2.21. The highest BCUT2D eigenvalue weighted by Crippen LogP contribution is 2.30. The van der Waals surface area contributed by atoms with E-state index >= 15 is 0 Å². The van der Waals surface area contributed by atoms with Crippen LogP contribution in [0.15, 0.2) is 66.7 Å². The third kappa shape index (κ3) is 7.26. The van der Waals surface area contributed by atoms with Crippen molar-refractivity contribution < 1.29 is 19.2 Å². The van der Waals surface area contributed by atoms with Gasteiger partial charge in [0, 0.05) is 47.1 Å². The molecule has 0 fully saturated rings. The van der Waals surface area contributed by atoms with E-state index in [1.807, 2.05) is 42.5 Å². The number of unbranched alkanes of at least 4 members (excludes halogenated alkanes) is 2. The van der Waals surface area contributed by atoms with Crippen LogP contribution < -0.4 is 5.32 Å². The standard InChI is InChI=1S/C30H32N2O4S2/c1-21(33)38-17-7-3-6-16-27(34)31-24(20-37-19-22-10-4-2-5-11-22)18-32-29(35)25-14-8-12-23-13-9-15-26(28(23)25)30(32)36/h2,4-5,8-15,24H,3,6-7,16-20H2,1H3,(H,31,34). The third-order valence-electron chi connectivity index (χ3n) is 6.41. The van der Waals surface area contributed by atoms with Crippen LogP contribution in [0.5, 0.6) is 0 Å². The Balaban J connectivity index is 1.41. The normalized spacial score (nSPS) is 13.6. The molecular formula is C30H32N2O4S2. The number of carbonyl (C=O) groups excluding carboxylic acids is 4. The van der Waals surface area contributed by atoms with E-state index in [1.165, 1.54) is 22.2 Å². The molecule has 3 aromatic carbocycles. The van der Waals surface area contributed by atoms with E-state index in [9.17, 15) is 19.2 Å². The maximum Gasteiger partial charge on any atom is 0.261 e. The van der Waals surface area contributed by atoms with Gasteiger partial charge in [0.25, 0.3) is 11.8 Å². The highest BCUT2D eigenvalue weighted by Gasteiger charge is 2.34. The molecule has 3 aromatic rings. The van der Waals surface area contributed by atoms with Crippen molar-refractivity contribution in [3.63, 3.8) is 0 Å². The van der Waals surface area contributed by atoms with E-state index in [4.69, 9.17) is 0 Å². The Morgan fingerprint density at radius 3 is 2.21 bits per heavy atom. The van der Waals surface area contributed by atoms with Crippen LogP contribution in [0, 0.1) is 0 Å². The molecule has 0 bridgehead atoms. The van der Waals surface area contributed by atoms with Crippen molar-refractivity contribution in [2.24, 2.45) is 0 Å². The molecule has 38 heavy (non-hydrogen) atoms. The summed E-state index contributed by atoms with van der Waals surface area (Å²) in [5, 5.41) is 4.76. The Morgan fingerprint density at radius 1 is 0.868 bits per heavy atom. The Hall–Kier alpha value is -3.10. The molecule has 198 valence electrons. The van der Waals surface area contributed by atoms with Gasteiger partial charge in [-0.05, 0) is 35.9 Å². The largest absolute Gasteiger partial charge is 0.351 e. The van der Waals surface area contributed by atoms with Gasteiger partial charge in [0.2, 0.25) is 5.91 Å². The van der Waals surface area contributed by atoms with Crippen LogP contribution in [-0.2, 0) is 15.3 Å². The number of rotatable bonds is 13. The molecule has 0 saturated carbocycles. The van der Waals surface area contributed by atoms with E-state index < -0.39 is 0 Å². The maximum atomic E-state index is 13.4. The summed E-state index contributed by atoms with van der Waals surface area (Å²) < 4.78 is 0. The summed E-state index contributed by atoms with van der Waals surface area (Å²) in [7, 11) is 0. The fourth-order valence-electron chi connectivity index (χ4n) is 4.58. The molecule has 1 unspecified atom stereocenters. The molecule has 4 rings (SSSR count). The molecule has 0 spiro atoms. The average molecular weight is 549 g/mol. The van der Waals surface area contributed by atoms with Crippen molar-refractivity contribution >= 4 is 57.1 Å². The van der Waals surface area contributed by atoms with Crippen LogP contribution in [-0.4, -0.2) is 51.8 Å². The van der Waals surface area contributed by atoms with E-state index in [0.717, 1.165) is 36.2 Å². The number of imide groups is 1. The van der Waals surface area contributed by atoms with Gasteiger partial charge in [-0.15, -0.1) is 0 Å². The van der Waals surface area contributed by atoms with Gasteiger partial charge in [-0.25, -0.2) is 0 Å². The minimum absolute atomic E-state index is 0.0889. The van der Waals surface area contributed by atoms with Gasteiger partial charge in [-0.2, -0.15) is 11.8 Å². The monoisotopic (exact) mass is 548 g/mol. The zero-order chi connectivity index (χ0) is 26.9. The Morgan fingerprint density at radius 2 is 1.55 bits per heavy atom. The van der Waals surface area contributed by atoms with Gasteiger partial charge in [-0.3, -0.25) is 24.1 Å². The lowest BCUT2D eigenvalue weighted by Gasteiger charge is -2.30. The van der Waals surface area contributed by atoms with Gasteiger partial charge >= 0.3 is 0 Å². The van der Waals surface area contributed by atoms with Crippen molar-refractivity contribution in [1.82, 2.24) is 10.2 Å². The van der Waals surface area contributed by atoms with E-state index in [0.29, 0.717) is 28.7 Å². The second kappa shape index (κ2) is 13.6. The summed E-state index contributed by atoms with van der Waals surface area (Å²) in [6.07, 6.45) is 2.85. The van der Waals surface area contributed by atoms with Gasteiger partial charge < -0.3 is 5.32 Å². The second-order valence-corrected chi connectivity index (χ2v) is 11.6. The van der Waals surface area contributed by atoms with Crippen LogP contribution in [0.2, 0.25) is 0 Å². The van der Waals surface area contributed by atoms with E-state index in [1.54, 1.807) is 30.8 Å². The number of benzene rings is 3. The molecule has 0 aromatic heterocycles. The van der Waals surface area contributed by atoms with Crippen molar-refractivity contribution in [3.05, 3.63) is 83.4 Å². The zero-order valence-electron chi connectivity index (χ0n) is 21.5. The summed E-state index contributed by atoms with van der Waals surface area (Å²) >= 11 is 2.98. The fraction of sp³-hybridized carbons (Fsp3) is 0.333. The summed E-state index contributed by atoms with van der Waals surface area (Å²) in [4.78, 5) is 52.0. The van der Waals surface area contributed by atoms with Crippen LogP contribution in [0.3, 0.4) is 0 Å². The first-order valence-electron chi connectivity index (χ1n) is 12.9. The van der Waals surface area contributed by atoms with Crippen LogP contribution in [0.1, 0.15) is 58.9 Å². The van der Waals surface area contributed by atoms with Crippen LogP contribution >= 0.6 is 23.5 Å². The maximum absolute atomic E-state index is 13.4. The first-order chi connectivity index (χ1) is 18.4. The predicted octanol–water partition coefficient (Wildman–Crippen LogP) is 5.69. The van der Waals surface area contributed by atoms with Gasteiger partial charge in [0.05, 0.1) is 12.6 Å². The number of carbonyl (C=O) groups is 4. The van der Waals surface area contributed by atoms with Crippen molar-refractivity contribution in [2.45, 2.75) is 44.4 Å². The Labute approximate surface area is 231 Å². The minimum atomic E-state index is -0.373. The molecule has 1 heterocycles. The van der Waals surface area contributed by atoms with Crippen molar-refractivity contribution in [2.75, 3.05) is 18.1 Å². The molecule has 8 heteroatoms. The second-order valence-electron chi connectivity index (χ2n) is 9.35. The molecule has 3 amide bonds. The molecule has 0 saturated heterocycles. The lowest BCUT2D eigenvalue weighted by atomic mass is 9.94. The zero-order valence-corrected chi connectivity index (χ0v) is 23.1. The number of nitrogens with one attached hydrogen (secondary N) is 1. The van der Waals surface area contributed by atoms with Crippen LogP contribution in [0.4, 0.5) is 0 Å². The van der Waals surface area contributed by atoms with Gasteiger partial charge in [0.1, 0.15) is 0 Å². The van der Waals surface area contributed by atoms with Crippen molar-refractivity contribution in [1.29, 1.82) is 0 Å². The molecule has 1 N–H and O–H groups in total. The lowest BCUT2D eigenvalue weighted by molar-refractivity contribution is -0.121. The molecule has 1 aliphatic rings. The topological polar surface area (TPSA) is 83.6 Å². The predicted molar refractivity (Wildman–Crippen MR) is 155 cm³/mol. The Kier molecular flexibility index (Phi) is 10.0. The Bertz CT molecular complexity index is 1260. The van der Waals surface area contributed by atoms with Gasteiger partial charge in [0.15, 0.2) is 5.12 Å². The van der Waals surface area contributed by atoms with E-state index in [-0.39, 0.29) is 35.4 Å². The summed E-state index contributed by atoms with van der Waals surface area (Å²) in [6, 6.07) is 20.7. The molecular weight excluding hydrogens is 516 g/mol. The number of amides is 3. The van der Waals surface area contributed by atoms with Crippen LogP contribution in [0.25, 0.3) is 10.8 Å².